The number of nitro groups is 1. The van der Waals surface area contributed by atoms with Gasteiger partial charge in [0.15, 0.2) is 0 Å². The van der Waals surface area contributed by atoms with Gasteiger partial charge in [0.2, 0.25) is 0 Å². The smallest absolute Gasteiger partial charge is 0.335 e. The molecule has 0 fully saturated rings. The summed E-state index contributed by atoms with van der Waals surface area (Å²) in [5.41, 5.74) is 5.51. The molecule has 3 aromatic rings. The summed E-state index contributed by atoms with van der Waals surface area (Å²) in [7, 11) is 0. The van der Waals surface area contributed by atoms with E-state index in [9.17, 15) is 20.0 Å². The Kier molecular flexibility index (Phi) is 3.87. The fraction of sp³-hybridized carbons (Fsp3) is 0.174. The maximum absolute atomic E-state index is 11.5. The number of aromatic carboxylic acids is 1. The lowest BCUT2D eigenvalue weighted by atomic mass is 9.75. The van der Waals surface area contributed by atoms with Crippen LogP contribution in [-0.2, 0) is 6.42 Å². The maximum atomic E-state index is 11.5. The molecule has 1 aliphatic carbocycles. The number of benzene rings is 3. The third-order valence-corrected chi connectivity index (χ3v) is 6.09. The molecule has 0 unspecified atom stereocenters. The topological polar surface area (TPSA) is 92.5 Å². The van der Waals surface area contributed by atoms with E-state index in [4.69, 9.17) is 0 Å². The second-order valence-corrected chi connectivity index (χ2v) is 7.63. The monoisotopic (exact) mass is 386 g/mol. The van der Waals surface area contributed by atoms with Crippen LogP contribution in [0.15, 0.2) is 66.7 Å². The minimum Gasteiger partial charge on any atom is -0.478 e. The predicted octanol–water partition coefficient (Wildman–Crippen LogP) is 4.76. The van der Waals surface area contributed by atoms with Crippen molar-refractivity contribution in [2.45, 2.75) is 18.4 Å². The highest BCUT2D eigenvalue weighted by Crippen LogP contribution is 2.54. The normalized spacial score (nSPS) is 21.4. The molecule has 2 aliphatic rings. The van der Waals surface area contributed by atoms with E-state index < -0.39 is 5.97 Å². The number of carboxylic acid groups (broad SMARTS) is 1. The molecule has 6 nitrogen and oxygen atoms in total. The van der Waals surface area contributed by atoms with Crippen LogP contribution in [0.1, 0.15) is 44.6 Å². The van der Waals surface area contributed by atoms with Gasteiger partial charge in [-0.3, -0.25) is 10.1 Å². The zero-order valence-electron chi connectivity index (χ0n) is 15.4. The summed E-state index contributed by atoms with van der Waals surface area (Å²) in [4.78, 5) is 22.4. The van der Waals surface area contributed by atoms with Crippen LogP contribution >= 0.6 is 0 Å². The average molecular weight is 386 g/mol. The van der Waals surface area contributed by atoms with Gasteiger partial charge >= 0.3 is 5.97 Å². The molecule has 29 heavy (non-hydrogen) atoms. The van der Waals surface area contributed by atoms with E-state index in [-0.39, 0.29) is 34.1 Å². The minimum atomic E-state index is -0.948. The Morgan fingerprint density at radius 1 is 1.03 bits per heavy atom. The van der Waals surface area contributed by atoms with Crippen molar-refractivity contribution < 1.29 is 14.8 Å². The number of hydrogen-bond acceptors (Lipinski definition) is 4. The number of hydrogen-bond donors (Lipinski definition) is 2. The molecule has 0 bridgehead atoms. The van der Waals surface area contributed by atoms with Gasteiger partial charge in [-0.15, -0.1) is 0 Å². The van der Waals surface area contributed by atoms with Crippen LogP contribution in [0.2, 0.25) is 0 Å². The highest BCUT2D eigenvalue weighted by atomic mass is 16.6. The van der Waals surface area contributed by atoms with Gasteiger partial charge in [0.1, 0.15) is 0 Å². The van der Waals surface area contributed by atoms with Gasteiger partial charge in [0.25, 0.3) is 5.69 Å². The lowest BCUT2D eigenvalue weighted by Gasteiger charge is -2.38. The summed E-state index contributed by atoms with van der Waals surface area (Å²) in [5.74, 6) is -0.756. The minimum absolute atomic E-state index is 0.0472. The molecule has 0 saturated carbocycles. The van der Waals surface area contributed by atoms with Crippen LogP contribution in [0.25, 0.3) is 0 Å². The molecule has 1 heterocycles. The molecule has 0 saturated heterocycles. The van der Waals surface area contributed by atoms with Crippen LogP contribution in [0.3, 0.4) is 0 Å². The standard InChI is InChI=1S/C23H18N2O4/c26-23(27)15-8-9-20-18(12-15)21-17-7-2-1-4-13(17)11-19(21)22(24-20)14-5-3-6-16(10-14)25(28)29/h1-10,12,19,21-22,24H,11H2,(H,26,27)/t19-,21-,22+/m0/s1. The molecule has 0 radical (unpaired) electrons. The Labute approximate surface area is 167 Å². The summed E-state index contributed by atoms with van der Waals surface area (Å²) in [6, 6.07) is 20.1. The molecular formula is C23H18N2O4. The lowest BCUT2D eigenvalue weighted by Crippen LogP contribution is -2.30. The summed E-state index contributed by atoms with van der Waals surface area (Å²) < 4.78 is 0. The second-order valence-electron chi connectivity index (χ2n) is 7.63. The fourth-order valence-corrected chi connectivity index (χ4v) is 4.86. The summed E-state index contributed by atoms with van der Waals surface area (Å²) >= 11 is 0. The second kappa shape index (κ2) is 6.44. The van der Waals surface area contributed by atoms with E-state index in [1.807, 2.05) is 18.2 Å². The van der Waals surface area contributed by atoms with Gasteiger partial charge in [0, 0.05) is 23.7 Å². The maximum Gasteiger partial charge on any atom is 0.335 e. The van der Waals surface area contributed by atoms with Crippen molar-refractivity contribution in [2.75, 3.05) is 5.32 Å². The van der Waals surface area contributed by atoms with E-state index >= 15 is 0 Å². The highest BCUT2D eigenvalue weighted by molar-refractivity contribution is 5.89. The number of nitrogens with zero attached hydrogens (tertiary/aromatic N) is 1. The predicted molar refractivity (Wildman–Crippen MR) is 108 cm³/mol. The Hall–Kier alpha value is -3.67. The third-order valence-electron chi connectivity index (χ3n) is 6.09. The highest BCUT2D eigenvalue weighted by Gasteiger charge is 2.43. The molecule has 6 heteroatoms. The quantitative estimate of drug-likeness (QED) is 0.500. The van der Waals surface area contributed by atoms with Gasteiger partial charge < -0.3 is 10.4 Å². The van der Waals surface area contributed by atoms with E-state index in [1.165, 1.54) is 17.2 Å². The Morgan fingerprint density at radius 2 is 1.86 bits per heavy atom. The van der Waals surface area contributed by atoms with Crippen molar-refractivity contribution in [1.29, 1.82) is 0 Å². The largest absolute Gasteiger partial charge is 0.478 e. The van der Waals surface area contributed by atoms with Gasteiger partial charge in [-0.2, -0.15) is 0 Å². The van der Waals surface area contributed by atoms with Crippen molar-refractivity contribution in [3.8, 4) is 0 Å². The van der Waals surface area contributed by atoms with Crippen LogP contribution in [0.5, 0.6) is 0 Å². The van der Waals surface area contributed by atoms with Crippen molar-refractivity contribution in [2.24, 2.45) is 5.92 Å². The van der Waals surface area contributed by atoms with Crippen molar-refractivity contribution in [3.05, 3.63) is 105 Å². The number of carbonyl (C=O) groups is 1. The van der Waals surface area contributed by atoms with Gasteiger partial charge in [0.05, 0.1) is 16.5 Å². The van der Waals surface area contributed by atoms with E-state index in [2.05, 4.69) is 17.4 Å². The Morgan fingerprint density at radius 3 is 2.66 bits per heavy atom. The first kappa shape index (κ1) is 17.4. The third kappa shape index (κ3) is 2.76. The van der Waals surface area contributed by atoms with Gasteiger partial charge in [-0.25, -0.2) is 4.79 Å². The number of nitro benzene ring substituents is 1. The first-order valence-corrected chi connectivity index (χ1v) is 9.49. The number of fused-ring (bicyclic) bond motifs is 5. The number of nitrogens with one attached hydrogen (secondary N) is 1. The Balaban J connectivity index is 1.67. The average Bonchev–Trinajstić information content (AvgIpc) is 3.12. The zero-order chi connectivity index (χ0) is 20.1. The summed E-state index contributed by atoms with van der Waals surface area (Å²) in [6.45, 7) is 0. The molecule has 5 rings (SSSR count). The van der Waals surface area contributed by atoms with Gasteiger partial charge in [-0.05, 0) is 52.8 Å². The Bertz CT molecular complexity index is 1160. The van der Waals surface area contributed by atoms with E-state index in [1.54, 1.807) is 30.3 Å². The first-order chi connectivity index (χ1) is 14.0. The first-order valence-electron chi connectivity index (χ1n) is 9.49. The summed E-state index contributed by atoms with van der Waals surface area (Å²) in [6.07, 6.45) is 0.831. The van der Waals surface area contributed by atoms with Crippen molar-refractivity contribution in [1.82, 2.24) is 0 Å². The molecule has 0 amide bonds. The fourth-order valence-electron chi connectivity index (χ4n) is 4.86. The van der Waals surface area contributed by atoms with Crippen LogP contribution in [-0.4, -0.2) is 16.0 Å². The van der Waals surface area contributed by atoms with Crippen molar-refractivity contribution >= 4 is 17.3 Å². The number of anilines is 1. The van der Waals surface area contributed by atoms with Crippen LogP contribution in [0.4, 0.5) is 11.4 Å². The number of carboxylic acids is 1. The molecule has 3 atom stereocenters. The molecule has 2 N–H and O–H groups in total. The molecule has 0 spiro atoms. The number of rotatable bonds is 3. The van der Waals surface area contributed by atoms with E-state index in [0.29, 0.717) is 0 Å². The zero-order valence-corrected chi connectivity index (χ0v) is 15.4. The van der Waals surface area contributed by atoms with Crippen LogP contribution < -0.4 is 5.32 Å². The van der Waals surface area contributed by atoms with E-state index in [0.717, 1.165) is 23.2 Å². The SMILES string of the molecule is O=C(O)c1ccc2c(c1)[C@@H]1c3ccccc3C[C@@H]1[C@@H](c1cccc([N+](=O)[O-])c1)N2. The van der Waals surface area contributed by atoms with Crippen molar-refractivity contribution in [3.63, 3.8) is 0 Å². The molecular weight excluding hydrogens is 368 g/mol. The molecule has 0 aromatic heterocycles. The van der Waals surface area contributed by atoms with Crippen LogP contribution in [0, 0.1) is 16.0 Å². The molecule has 3 aromatic carbocycles. The lowest BCUT2D eigenvalue weighted by molar-refractivity contribution is -0.384. The molecule has 1 aliphatic heterocycles. The number of non-ortho nitro benzene ring substituents is 1. The summed E-state index contributed by atoms with van der Waals surface area (Å²) in [5, 5.41) is 24.3. The molecule has 144 valence electrons. The van der Waals surface area contributed by atoms with Gasteiger partial charge in [-0.1, -0.05) is 36.4 Å².